The molecule has 1 aromatic heterocycles. The van der Waals surface area contributed by atoms with Crippen LogP contribution in [0.5, 0.6) is 28.7 Å². The van der Waals surface area contributed by atoms with E-state index in [1.54, 1.807) is 44.2 Å². The fraction of sp³-hybridized carbons (Fsp3) is 0.345. The maximum atomic E-state index is 14.1. The van der Waals surface area contributed by atoms with E-state index >= 15 is 0 Å². The monoisotopic (exact) mass is 646 g/mol. The van der Waals surface area contributed by atoms with Crippen molar-refractivity contribution in [1.29, 1.82) is 0 Å². The Morgan fingerprint density at radius 3 is 2.20 bits per heavy atom. The zero-order chi connectivity index (χ0) is 29.8. The Morgan fingerprint density at radius 2 is 1.59 bits per heavy atom. The van der Waals surface area contributed by atoms with Crippen LogP contribution in [0.4, 0.5) is 0 Å². The number of esters is 1. The highest BCUT2D eigenvalue weighted by Gasteiger charge is 2.35. The number of hydrogen-bond donors (Lipinski definition) is 0. The summed E-state index contributed by atoms with van der Waals surface area (Å²) in [5, 5.41) is 0. The first-order chi connectivity index (χ1) is 19.7. The maximum absolute atomic E-state index is 14.1. The molecule has 0 bridgehead atoms. The smallest absolute Gasteiger partial charge is 0.338 e. The van der Waals surface area contributed by atoms with Gasteiger partial charge in [-0.15, -0.1) is 0 Å². The first-order valence-electron chi connectivity index (χ1n) is 12.7. The Hall–Kier alpha value is -3.77. The molecular weight excluding hydrogens is 616 g/mol. The highest BCUT2D eigenvalue weighted by molar-refractivity contribution is 9.10. The third-order valence-corrected chi connectivity index (χ3v) is 8.09. The van der Waals surface area contributed by atoms with Gasteiger partial charge >= 0.3 is 5.97 Å². The lowest BCUT2D eigenvalue weighted by Gasteiger charge is -2.26. The number of fused-ring (bicyclic) bond motifs is 1. The molecule has 0 aliphatic carbocycles. The summed E-state index contributed by atoms with van der Waals surface area (Å²) in [5.74, 6) is 1.89. The van der Waals surface area contributed by atoms with Gasteiger partial charge in [-0.05, 0) is 50.6 Å². The second-order valence-electron chi connectivity index (χ2n) is 8.71. The van der Waals surface area contributed by atoms with E-state index < -0.39 is 12.0 Å². The SMILES string of the molecule is CCOC(=O)C1=C(C)N=c2s/c(=C/c3cc(OC)c(OC)cc3OC)c(=O)n2[C@@H]1c1cc(OC)c(OCC)cc1Br. The van der Waals surface area contributed by atoms with Crippen molar-refractivity contribution in [3.8, 4) is 28.7 Å². The van der Waals surface area contributed by atoms with Crippen molar-refractivity contribution in [2.24, 2.45) is 4.99 Å². The predicted octanol–water partition coefficient (Wildman–Crippen LogP) is 3.99. The number of allylic oxidation sites excluding steroid dienone is 1. The minimum atomic E-state index is -0.848. The van der Waals surface area contributed by atoms with Crippen molar-refractivity contribution in [3.05, 3.63) is 70.8 Å². The van der Waals surface area contributed by atoms with Gasteiger partial charge in [0.25, 0.3) is 5.56 Å². The van der Waals surface area contributed by atoms with Gasteiger partial charge in [0.2, 0.25) is 0 Å². The van der Waals surface area contributed by atoms with Crippen molar-refractivity contribution < 1.29 is 33.2 Å². The molecule has 0 saturated carbocycles. The number of ether oxygens (including phenoxy) is 6. The van der Waals surface area contributed by atoms with Crippen molar-refractivity contribution >= 4 is 39.3 Å². The molecule has 1 aliphatic heterocycles. The van der Waals surface area contributed by atoms with E-state index in [4.69, 9.17) is 28.4 Å². The number of halogens is 1. The Kier molecular flexibility index (Phi) is 9.44. The summed E-state index contributed by atoms with van der Waals surface area (Å²) in [6, 6.07) is 6.10. The minimum absolute atomic E-state index is 0.166. The van der Waals surface area contributed by atoms with Crippen molar-refractivity contribution in [2.45, 2.75) is 26.8 Å². The predicted molar refractivity (Wildman–Crippen MR) is 158 cm³/mol. The van der Waals surface area contributed by atoms with Gasteiger partial charge in [0.1, 0.15) is 5.75 Å². The number of benzene rings is 2. The van der Waals surface area contributed by atoms with Crippen molar-refractivity contribution in [2.75, 3.05) is 41.7 Å². The highest BCUT2D eigenvalue weighted by atomic mass is 79.9. The second-order valence-corrected chi connectivity index (χ2v) is 10.6. The lowest BCUT2D eigenvalue weighted by atomic mass is 9.95. The van der Waals surface area contributed by atoms with E-state index in [1.165, 1.54) is 44.3 Å². The van der Waals surface area contributed by atoms with Crippen LogP contribution in [0.25, 0.3) is 6.08 Å². The number of carbonyl (C=O) groups excluding carboxylic acids is 1. The number of nitrogens with zero attached hydrogens (tertiary/aromatic N) is 2. The molecule has 12 heteroatoms. The van der Waals surface area contributed by atoms with Crippen LogP contribution in [0.15, 0.2) is 49.8 Å². The average Bonchev–Trinajstić information content (AvgIpc) is 3.26. The molecule has 218 valence electrons. The van der Waals surface area contributed by atoms with Crippen LogP contribution in [0, 0.1) is 0 Å². The Bertz CT molecular complexity index is 1690. The normalized spacial score (nSPS) is 14.7. The van der Waals surface area contributed by atoms with Gasteiger partial charge in [0.05, 0.1) is 63.5 Å². The Morgan fingerprint density at radius 1 is 0.951 bits per heavy atom. The quantitative estimate of drug-likeness (QED) is 0.304. The molecule has 1 atom stereocenters. The zero-order valence-corrected chi connectivity index (χ0v) is 26.2. The first kappa shape index (κ1) is 30.2. The van der Waals surface area contributed by atoms with Gasteiger partial charge in [-0.1, -0.05) is 27.3 Å². The number of aromatic nitrogens is 1. The summed E-state index contributed by atoms with van der Waals surface area (Å²) in [5.41, 5.74) is 1.58. The third kappa shape index (κ3) is 5.71. The van der Waals surface area contributed by atoms with Crippen LogP contribution in [0.1, 0.15) is 37.9 Å². The summed E-state index contributed by atoms with van der Waals surface area (Å²) in [7, 11) is 6.13. The summed E-state index contributed by atoms with van der Waals surface area (Å²) in [6.07, 6.45) is 1.71. The van der Waals surface area contributed by atoms with Gasteiger partial charge < -0.3 is 28.4 Å². The summed E-state index contributed by atoms with van der Waals surface area (Å²) in [4.78, 5) is 32.4. The Balaban J connectivity index is 2.01. The molecule has 0 unspecified atom stereocenters. The van der Waals surface area contributed by atoms with E-state index in [-0.39, 0.29) is 17.7 Å². The molecule has 41 heavy (non-hydrogen) atoms. The molecule has 10 nitrogen and oxygen atoms in total. The largest absolute Gasteiger partial charge is 0.496 e. The average molecular weight is 648 g/mol. The van der Waals surface area contributed by atoms with Crippen LogP contribution < -0.4 is 38.6 Å². The molecule has 0 fully saturated rings. The zero-order valence-electron chi connectivity index (χ0n) is 23.8. The summed E-state index contributed by atoms with van der Waals surface area (Å²) < 4.78 is 35.6. The van der Waals surface area contributed by atoms with Gasteiger partial charge in [-0.2, -0.15) is 0 Å². The summed E-state index contributed by atoms with van der Waals surface area (Å²) >= 11 is 4.83. The Labute approximate surface area is 249 Å². The van der Waals surface area contributed by atoms with Crippen LogP contribution in [-0.4, -0.2) is 52.2 Å². The highest BCUT2D eigenvalue weighted by Crippen LogP contribution is 2.41. The molecule has 0 radical (unpaired) electrons. The molecule has 3 aromatic rings. The van der Waals surface area contributed by atoms with Gasteiger partial charge in [-0.3, -0.25) is 9.36 Å². The lowest BCUT2D eigenvalue weighted by Crippen LogP contribution is -2.40. The van der Waals surface area contributed by atoms with Crippen LogP contribution in [0.2, 0.25) is 0 Å². The van der Waals surface area contributed by atoms with E-state index in [9.17, 15) is 9.59 Å². The summed E-state index contributed by atoms with van der Waals surface area (Å²) in [6.45, 7) is 5.93. The standard InChI is InChI=1S/C29H31BrN2O8S/c1-8-39-23-13-18(30)17(12-21(23)37-6)26-25(28(34)40-9-2)15(3)31-29-32(26)27(33)24(41-29)11-16-10-20(36-5)22(38-7)14-19(16)35-4/h10-14,26H,8-9H2,1-7H3/b24-11+/t26-/m1/s1. The van der Waals surface area contributed by atoms with Crippen LogP contribution in [-0.2, 0) is 9.53 Å². The maximum Gasteiger partial charge on any atom is 0.338 e. The molecule has 1 aliphatic rings. The van der Waals surface area contributed by atoms with Crippen molar-refractivity contribution in [3.63, 3.8) is 0 Å². The van der Waals surface area contributed by atoms with Crippen LogP contribution >= 0.6 is 27.3 Å². The van der Waals surface area contributed by atoms with Crippen LogP contribution in [0.3, 0.4) is 0 Å². The molecule has 4 rings (SSSR count). The third-order valence-electron chi connectivity index (χ3n) is 6.42. The molecule has 0 saturated heterocycles. The number of thiazole rings is 1. The number of carbonyl (C=O) groups is 1. The minimum Gasteiger partial charge on any atom is -0.496 e. The first-order valence-corrected chi connectivity index (χ1v) is 14.3. The molecule has 0 spiro atoms. The van der Waals surface area contributed by atoms with E-state index in [1.807, 2.05) is 6.92 Å². The van der Waals surface area contributed by atoms with E-state index in [0.717, 1.165) is 0 Å². The molecular formula is C29H31BrN2O8S. The lowest BCUT2D eigenvalue weighted by molar-refractivity contribution is -0.139. The fourth-order valence-corrected chi connectivity index (χ4v) is 6.16. The van der Waals surface area contributed by atoms with Crippen molar-refractivity contribution in [1.82, 2.24) is 4.57 Å². The van der Waals surface area contributed by atoms with E-state index in [2.05, 4.69) is 20.9 Å². The molecule has 0 amide bonds. The number of methoxy groups -OCH3 is 4. The van der Waals surface area contributed by atoms with E-state index in [0.29, 0.717) is 66.0 Å². The molecule has 2 aromatic carbocycles. The molecule has 0 N–H and O–H groups in total. The number of hydrogen-bond acceptors (Lipinski definition) is 10. The second kappa shape index (κ2) is 12.8. The van der Waals surface area contributed by atoms with Gasteiger partial charge in [0, 0.05) is 16.1 Å². The van der Waals surface area contributed by atoms with Gasteiger partial charge in [0.15, 0.2) is 27.8 Å². The topological polar surface area (TPSA) is 107 Å². The fourth-order valence-electron chi connectivity index (χ4n) is 4.58. The molecule has 2 heterocycles. The number of rotatable bonds is 10. The van der Waals surface area contributed by atoms with Gasteiger partial charge in [-0.25, -0.2) is 9.79 Å².